The van der Waals surface area contributed by atoms with Crippen LogP contribution >= 0.6 is 11.3 Å². The Hall–Kier alpha value is -1.99. The van der Waals surface area contributed by atoms with Gasteiger partial charge in [0, 0.05) is 23.7 Å². The van der Waals surface area contributed by atoms with Crippen LogP contribution in [0.2, 0.25) is 0 Å². The predicted octanol–water partition coefficient (Wildman–Crippen LogP) is 2.42. The maximum Gasteiger partial charge on any atom is 0.240 e. The number of nitrogens with zero attached hydrogens (tertiary/aromatic N) is 4. The number of nitrogens with one attached hydrogen (secondary N) is 1. The highest BCUT2D eigenvalue weighted by atomic mass is 32.1. The molecule has 0 fully saturated rings. The summed E-state index contributed by atoms with van der Waals surface area (Å²) in [5, 5.41) is 1.03. The minimum absolute atomic E-state index is 0.422. The van der Waals surface area contributed by atoms with Crippen LogP contribution in [0.5, 0.6) is 0 Å². The van der Waals surface area contributed by atoms with Gasteiger partial charge in [0.2, 0.25) is 5.95 Å². The predicted molar refractivity (Wildman–Crippen MR) is 81.1 cm³/mol. The van der Waals surface area contributed by atoms with Gasteiger partial charge >= 0.3 is 0 Å². The monoisotopic (exact) mass is 288 g/mol. The summed E-state index contributed by atoms with van der Waals surface area (Å²) in [6.07, 6.45) is 5.68. The third-order valence-corrected chi connectivity index (χ3v) is 3.99. The molecule has 0 aliphatic heterocycles. The summed E-state index contributed by atoms with van der Waals surface area (Å²) in [4.78, 5) is 15.4. The SMILES string of the molecule is CCCc1nccn1-c1nc(NN)nc2sc(C)cc12. The van der Waals surface area contributed by atoms with Crippen molar-refractivity contribution in [2.75, 3.05) is 5.43 Å². The molecule has 0 radical (unpaired) electrons. The highest BCUT2D eigenvalue weighted by Gasteiger charge is 2.14. The molecular formula is C13H16N6S. The van der Waals surface area contributed by atoms with Crippen molar-refractivity contribution < 1.29 is 0 Å². The largest absolute Gasteiger partial charge is 0.292 e. The van der Waals surface area contributed by atoms with Crippen molar-refractivity contribution in [3.63, 3.8) is 0 Å². The van der Waals surface area contributed by atoms with Gasteiger partial charge in [-0.25, -0.2) is 15.8 Å². The summed E-state index contributed by atoms with van der Waals surface area (Å²) in [6, 6.07) is 2.10. The number of hydrogen-bond donors (Lipinski definition) is 2. The summed E-state index contributed by atoms with van der Waals surface area (Å²) in [5.41, 5.74) is 2.53. The van der Waals surface area contributed by atoms with E-state index in [1.165, 1.54) is 4.88 Å². The van der Waals surface area contributed by atoms with Gasteiger partial charge in [0.05, 0.1) is 5.39 Å². The summed E-state index contributed by atoms with van der Waals surface area (Å²) in [6.45, 7) is 4.20. The topological polar surface area (TPSA) is 81.7 Å². The van der Waals surface area contributed by atoms with Crippen molar-refractivity contribution in [1.29, 1.82) is 0 Å². The van der Waals surface area contributed by atoms with E-state index in [1.54, 1.807) is 17.5 Å². The average molecular weight is 288 g/mol. The van der Waals surface area contributed by atoms with Gasteiger partial charge in [-0.3, -0.25) is 9.99 Å². The molecule has 0 spiro atoms. The van der Waals surface area contributed by atoms with Crippen LogP contribution in [0.4, 0.5) is 5.95 Å². The van der Waals surface area contributed by atoms with E-state index in [2.05, 4.69) is 40.3 Å². The summed E-state index contributed by atoms with van der Waals surface area (Å²) in [7, 11) is 0. The van der Waals surface area contributed by atoms with Gasteiger partial charge in [0.25, 0.3) is 0 Å². The second-order valence-electron chi connectivity index (χ2n) is 4.55. The molecule has 0 aliphatic rings. The molecule has 0 saturated carbocycles. The van der Waals surface area contributed by atoms with Crippen molar-refractivity contribution in [3.8, 4) is 5.82 Å². The standard InChI is InChI=1S/C13H16N6S/c1-3-4-10-15-5-6-19(10)11-9-7-8(2)20-12(9)17-13(16-11)18-14/h5-7H,3-4,14H2,1-2H3,(H,16,17,18). The molecule has 20 heavy (non-hydrogen) atoms. The third-order valence-electron chi connectivity index (χ3n) is 3.04. The molecule has 104 valence electrons. The van der Waals surface area contributed by atoms with Crippen molar-refractivity contribution in [1.82, 2.24) is 19.5 Å². The van der Waals surface area contributed by atoms with Crippen molar-refractivity contribution in [2.24, 2.45) is 5.84 Å². The van der Waals surface area contributed by atoms with Crippen LogP contribution in [0, 0.1) is 6.92 Å². The Kier molecular flexibility index (Phi) is 3.37. The number of imidazole rings is 1. The van der Waals surface area contributed by atoms with Crippen LogP contribution in [0.3, 0.4) is 0 Å². The van der Waals surface area contributed by atoms with E-state index in [0.29, 0.717) is 5.95 Å². The van der Waals surface area contributed by atoms with Gasteiger partial charge in [-0.05, 0) is 19.4 Å². The Morgan fingerprint density at radius 3 is 3.00 bits per heavy atom. The summed E-state index contributed by atoms with van der Waals surface area (Å²) < 4.78 is 2.01. The zero-order valence-electron chi connectivity index (χ0n) is 11.4. The zero-order chi connectivity index (χ0) is 14.1. The first kappa shape index (κ1) is 13.0. The molecule has 3 aromatic heterocycles. The van der Waals surface area contributed by atoms with Gasteiger partial charge < -0.3 is 0 Å². The first-order valence-electron chi connectivity index (χ1n) is 6.50. The zero-order valence-corrected chi connectivity index (χ0v) is 12.2. The number of fused-ring (bicyclic) bond motifs is 1. The summed E-state index contributed by atoms with van der Waals surface area (Å²) >= 11 is 1.63. The van der Waals surface area contributed by atoms with Crippen molar-refractivity contribution in [3.05, 3.63) is 29.2 Å². The second-order valence-corrected chi connectivity index (χ2v) is 5.79. The molecular weight excluding hydrogens is 272 g/mol. The fourth-order valence-electron chi connectivity index (χ4n) is 2.21. The van der Waals surface area contributed by atoms with Crippen molar-refractivity contribution >= 4 is 27.5 Å². The summed E-state index contributed by atoms with van der Waals surface area (Å²) in [5.74, 6) is 7.72. The van der Waals surface area contributed by atoms with Crippen LogP contribution in [0.25, 0.3) is 16.0 Å². The number of anilines is 1. The molecule has 0 bridgehead atoms. The normalized spacial score (nSPS) is 11.2. The van der Waals surface area contributed by atoms with Crippen LogP contribution in [0.15, 0.2) is 18.5 Å². The van der Waals surface area contributed by atoms with E-state index in [9.17, 15) is 0 Å². The first-order valence-corrected chi connectivity index (χ1v) is 7.32. The van der Waals surface area contributed by atoms with Gasteiger partial charge in [-0.1, -0.05) is 6.92 Å². The second kappa shape index (κ2) is 5.18. The third kappa shape index (κ3) is 2.14. The molecule has 0 atom stereocenters. The smallest absolute Gasteiger partial charge is 0.240 e. The first-order chi connectivity index (χ1) is 9.72. The van der Waals surface area contributed by atoms with E-state index in [4.69, 9.17) is 5.84 Å². The maximum absolute atomic E-state index is 5.47. The quantitative estimate of drug-likeness (QED) is 0.569. The Labute approximate surface area is 120 Å². The molecule has 7 heteroatoms. The minimum Gasteiger partial charge on any atom is -0.292 e. The van der Waals surface area contributed by atoms with E-state index >= 15 is 0 Å². The molecule has 3 heterocycles. The number of aromatic nitrogens is 4. The average Bonchev–Trinajstić information content (AvgIpc) is 3.03. The molecule has 3 rings (SSSR count). The minimum atomic E-state index is 0.422. The molecule has 0 aliphatic carbocycles. The lowest BCUT2D eigenvalue weighted by Crippen LogP contribution is -2.12. The Bertz CT molecular complexity index is 744. The lowest BCUT2D eigenvalue weighted by atomic mass is 10.3. The Morgan fingerprint density at radius 1 is 1.40 bits per heavy atom. The molecule has 0 unspecified atom stereocenters. The lowest BCUT2D eigenvalue weighted by molar-refractivity contribution is 0.800. The number of hydrazine groups is 1. The molecule has 0 aromatic carbocycles. The van der Waals surface area contributed by atoms with Gasteiger partial charge in [-0.2, -0.15) is 4.98 Å². The fourth-order valence-corrected chi connectivity index (χ4v) is 3.08. The fraction of sp³-hybridized carbons (Fsp3) is 0.308. The Morgan fingerprint density at radius 2 is 2.25 bits per heavy atom. The van der Waals surface area contributed by atoms with E-state index in [-0.39, 0.29) is 0 Å². The number of aryl methyl sites for hydroxylation is 2. The number of nitrogens with two attached hydrogens (primary N) is 1. The van der Waals surface area contributed by atoms with E-state index in [1.807, 2.05) is 10.8 Å². The van der Waals surface area contributed by atoms with Crippen LogP contribution in [-0.2, 0) is 6.42 Å². The van der Waals surface area contributed by atoms with Crippen LogP contribution in [0.1, 0.15) is 24.0 Å². The van der Waals surface area contributed by atoms with E-state index in [0.717, 1.165) is 34.7 Å². The lowest BCUT2D eigenvalue weighted by Gasteiger charge is -2.09. The van der Waals surface area contributed by atoms with Crippen LogP contribution < -0.4 is 11.3 Å². The van der Waals surface area contributed by atoms with Gasteiger partial charge in [0.1, 0.15) is 10.7 Å². The Balaban J connectivity index is 2.25. The maximum atomic E-state index is 5.47. The van der Waals surface area contributed by atoms with Gasteiger partial charge in [-0.15, -0.1) is 11.3 Å². The number of hydrogen-bond acceptors (Lipinski definition) is 6. The number of thiophene rings is 1. The van der Waals surface area contributed by atoms with E-state index < -0.39 is 0 Å². The number of nitrogen functional groups attached to an aromatic ring is 1. The molecule has 3 N–H and O–H groups in total. The molecule has 0 saturated heterocycles. The molecule has 0 amide bonds. The molecule has 6 nitrogen and oxygen atoms in total. The number of rotatable bonds is 4. The highest BCUT2D eigenvalue weighted by Crippen LogP contribution is 2.29. The molecule has 3 aromatic rings. The van der Waals surface area contributed by atoms with Gasteiger partial charge in [0.15, 0.2) is 5.82 Å². The van der Waals surface area contributed by atoms with Crippen LogP contribution in [-0.4, -0.2) is 19.5 Å². The van der Waals surface area contributed by atoms with Crippen molar-refractivity contribution in [2.45, 2.75) is 26.7 Å². The highest BCUT2D eigenvalue weighted by molar-refractivity contribution is 7.18.